The first-order valence-corrected chi connectivity index (χ1v) is 16.6. The number of nitriles is 1. The number of hydrogen-bond donors (Lipinski definition) is 0. The van der Waals surface area contributed by atoms with E-state index in [2.05, 4.69) is 84.6 Å². The van der Waals surface area contributed by atoms with Crippen LogP contribution in [0.15, 0.2) is 72.3 Å². The standard InChI is InChI=1S/C40H48N2O2.ClH/c1-4-5-6-7-12-24-40(30-41,34-20-21-37(43-2)38(29-34)44-3)25-13-26-42-27-22-33(23-28-42)39-35-16-10-8-14-31(35)18-19-32-15-9-11-17-36(32)39;/h8-11,14-21,29H,4-7,12-13,22-28H2,1-3H3;1H. The second-order valence-electron chi connectivity index (χ2n) is 12.4. The first kappa shape index (κ1) is 34.4. The van der Waals surface area contributed by atoms with Crippen molar-refractivity contribution in [3.8, 4) is 17.6 Å². The highest BCUT2D eigenvalue weighted by atomic mass is 35.5. The molecular weight excluding hydrogens is 576 g/mol. The molecule has 0 radical (unpaired) electrons. The zero-order chi connectivity index (χ0) is 30.8. The van der Waals surface area contributed by atoms with Crippen molar-refractivity contribution >= 4 is 30.1 Å². The van der Waals surface area contributed by atoms with Crippen LogP contribution in [0.4, 0.5) is 0 Å². The third-order valence-electron chi connectivity index (χ3n) is 9.65. The Morgan fingerprint density at radius 2 is 1.36 bits per heavy atom. The molecule has 1 unspecified atom stereocenters. The topological polar surface area (TPSA) is 45.5 Å². The normalized spacial score (nSPS) is 15.6. The van der Waals surface area contributed by atoms with E-state index in [4.69, 9.17) is 9.47 Å². The molecule has 3 aromatic rings. The van der Waals surface area contributed by atoms with Crippen LogP contribution in [0.1, 0.15) is 98.9 Å². The van der Waals surface area contributed by atoms with Crippen LogP contribution in [0.5, 0.6) is 11.5 Å². The first-order chi connectivity index (χ1) is 21.6. The fourth-order valence-electron chi connectivity index (χ4n) is 7.10. The second kappa shape index (κ2) is 16.7. The molecule has 238 valence electrons. The third-order valence-corrected chi connectivity index (χ3v) is 9.65. The molecular formula is C40H49ClN2O2. The van der Waals surface area contributed by atoms with E-state index >= 15 is 0 Å². The number of likely N-dealkylation sites (tertiary alicyclic amines) is 1. The largest absolute Gasteiger partial charge is 0.493 e. The molecule has 1 aliphatic carbocycles. The lowest BCUT2D eigenvalue weighted by molar-refractivity contribution is 0.243. The molecule has 0 spiro atoms. The number of hydrogen-bond acceptors (Lipinski definition) is 4. The van der Waals surface area contributed by atoms with Crippen molar-refractivity contribution in [3.05, 3.63) is 100 Å². The van der Waals surface area contributed by atoms with E-state index in [-0.39, 0.29) is 12.4 Å². The molecule has 0 amide bonds. The minimum Gasteiger partial charge on any atom is -0.493 e. The molecule has 1 saturated heterocycles. The van der Waals surface area contributed by atoms with E-state index in [1.54, 1.807) is 19.8 Å². The summed E-state index contributed by atoms with van der Waals surface area (Å²) in [7, 11) is 3.33. The second-order valence-corrected chi connectivity index (χ2v) is 12.4. The molecule has 1 atom stereocenters. The van der Waals surface area contributed by atoms with E-state index < -0.39 is 5.41 Å². The number of methoxy groups -OCH3 is 2. The quantitative estimate of drug-likeness (QED) is 0.139. The zero-order valence-electron chi connectivity index (χ0n) is 27.3. The van der Waals surface area contributed by atoms with E-state index in [0.29, 0.717) is 11.5 Å². The molecule has 45 heavy (non-hydrogen) atoms. The molecule has 0 bridgehead atoms. The SMILES string of the molecule is CCCCCCCC(C#N)(CCCN1CCC(=C2c3ccccc3C=Cc3ccccc32)CC1)c1ccc(OC)c(OC)c1.Cl. The van der Waals surface area contributed by atoms with Gasteiger partial charge < -0.3 is 14.4 Å². The summed E-state index contributed by atoms with van der Waals surface area (Å²) in [5.74, 6) is 1.41. The maximum Gasteiger partial charge on any atom is 0.161 e. The smallest absolute Gasteiger partial charge is 0.161 e. The number of unbranched alkanes of at least 4 members (excludes halogenated alkanes) is 4. The predicted octanol–water partition coefficient (Wildman–Crippen LogP) is 10.1. The average molecular weight is 625 g/mol. The van der Waals surface area contributed by atoms with Gasteiger partial charge in [0, 0.05) is 13.1 Å². The number of ether oxygens (including phenoxy) is 2. The van der Waals surface area contributed by atoms with Gasteiger partial charge in [-0.25, -0.2) is 0 Å². The highest BCUT2D eigenvalue weighted by Crippen LogP contribution is 2.41. The van der Waals surface area contributed by atoms with Crippen LogP contribution in [0.2, 0.25) is 0 Å². The Kier molecular flexibility index (Phi) is 12.7. The van der Waals surface area contributed by atoms with E-state index in [1.807, 2.05) is 12.1 Å². The molecule has 0 N–H and O–H groups in total. The summed E-state index contributed by atoms with van der Waals surface area (Å²) >= 11 is 0. The van der Waals surface area contributed by atoms with Crippen LogP contribution in [0.3, 0.4) is 0 Å². The summed E-state index contributed by atoms with van der Waals surface area (Å²) in [4.78, 5) is 2.61. The van der Waals surface area contributed by atoms with Crippen LogP contribution >= 0.6 is 12.4 Å². The minimum absolute atomic E-state index is 0. The Balaban J connectivity index is 0.00000461. The van der Waals surface area contributed by atoms with Crippen molar-refractivity contribution < 1.29 is 9.47 Å². The Bertz CT molecular complexity index is 1460. The zero-order valence-corrected chi connectivity index (χ0v) is 28.1. The van der Waals surface area contributed by atoms with Gasteiger partial charge in [0.25, 0.3) is 0 Å². The molecule has 0 aromatic heterocycles. The number of piperidine rings is 1. The lowest BCUT2D eigenvalue weighted by Gasteiger charge is -2.32. The average Bonchev–Trinajstić information content (AvgIpc) is 3.24. The Morgan fingerprint density at radius 3 is 1.96 bits per heavy atom. The van der Waals surface area contributed by atoms with E-state index in [9.17, 15) is 5.26 Å². The number of halogens is 1. The summed E-state index contributed by atoms with van der Waals surface area (Å²) in [5.41, 5.74) is 8.83. The maximum absolute atomic E-state index is 10.7. The van der Waals surface area contributed by atoms with Crippen molar-refractivity contribution in [2.75, 3.05) is 33.9 Å². The van der Waals surface area contributed by atoms with Crippen LogP contribution in [0.25, 0.3) is 17.7 Å². The van der Waals surface area contributed by atoms with Crippen molar-refractivity contribution in [1.82, 2.24) is 4.90 Å². The molecule has 2 aliphatic rings. The summed E-state index contributed by atoms with van der Waals surface area (Å²) in [6.45, 7) is 5.38. The van der Waals surface area contributed by atoms with Gasteiger partial charge in [0.15, 0.2) is 11.5 Å². The molecule has 1 fully saturated rings. The molecule has 1 aliphatic heterocycles. The summed E-state index contributed by atoms with van der Waals surface area (Å²) in [6, 6.07) is 26.5. The van der Waals surface area contributed by atoms with E-state index in [1.165, 1.54) is 53.5 Å². The minimum atomic E-state index is -0.518. The van der Waals surface area contributed by atoms with Gasteiger partial charge in [-0.2, -0.15) is 5.26 Å². The van der Waals surface area contributed by atoms with Crippen molar-refractivity contribution in [2.24, 2.45) is 0 Å². The molecule has 3 aromatic carbocycles. The van der Waals surface area contributed by atoms with Crippen LogP contribution in [-0.4, -0.2) is 38.8 Å². The van der Waals surface area contributed by atoms with Crippen molar-refractivity contribution in [1.29, 1.82) is 5.26 Å². The lowest BCUT2D eigenvalue weighted by Crippen LogP contribution is -2.33. The van der Waals surface area contributed by atoms with Crippen molar-refractivity contribution in [3.63, 3.8) is 0 Å². The molecule has 0 saturated carbocycles. The lowest BCUT2D eigenvalue weighted by atomic mass is 9.74. The first-order valence-electron chi connectivity index (χ1n) is 16.6. The highest BCUT2D eigenvalue weighted by molar-refractivity contribution is 5.94. The van der Waals surface area contributed by atoms with Gasteiger partial charge in [-0.15, -0.1) is 12.4 Å². The molecule has 1 heterocycles. The highest BCUT2D eigenvalue weighted by Gasteiger charge is 2.33. The van der Waals surface area contributed by atoms with Gasteiger partial charge in [0.2, 0.25) is 0 Å². The fraction of sp³-hybridized carbons (Fsp3) is 0.425. The molecule has 5 heteroatoms. The predicted molar refractivity (Wildman–Crippen MR) is 190 cm³/mol. The Morgan fingerprint density at radius 1 is 0.756 bits per heavy atom. The van der Waals surface area contributed by atoms with Gasteiger partial charge in [-0.05, 0) is 84.2 Å². The van der Waals surface area contributed by atoms with Gasteiger partial charge in [0.05, 0.1) is 25.7 Å². The van der Waals surface area contributed by atoms with Gasteiger partial charge in [-0.3, -0.25) is 0 Å². The number of nitrogens with zero attached hydrogens (tertiary/aromatic N) is 2. The van der Waals surface area contributed by atoms with Crippen LogP contribution in [-0.2, 0) is 5.41 Å². The molecule has 5 rings (SSSR count). The van der Waals surface area contributed by atoms with Crippen molar-refractivity contribution in [2.45, 2.75) is 76.5 Å². The Hall–Kier alpha value is -3.52. The van der Waals surface area contributed by atoms with Crippen LogP contribution < -0.4 is 9.47 Å². The van der Waals surface area contributed by atoms with Gasteiger partial charge >= 0.3 is 0 Å². The van der Waals surface area contributed by atoms with Gasteiger partial charge in [0.1, 0.15) is 0 Å². The fourth-order valence-corrected chi connectivity index (χ4v) is 7.10. The third kappa shape index (κ3) is 8.01. The number of benzene rings is 3. The van der Waals surface area contributed by atoms with Crippen LogP contribution in [0, 0.1) is 11.3 Å². The molecule has 4 nitrogen and oxygen atoms in total. The summed E-state index contributed by atoms with van der Waals surface area (Å²) < 4.78 is 11.1. The maximum atomic E-state index is 10.7. The monoisotopic (exact) mass is 624 g/mol. The summed E-state index contributed by atoms with van der Waals surface area (Å²) in [5, 5.41) is 10.7. The number of fused-ring (bicyclic) bond motifs is 2. The summed E-state index contributed by atoms with van der Waals surface area (Å²) in [6.07, 6.45) is 15.4. The van der Waals surface area contributed by atoms with E-state index in [0.717, 1.165) is 63.7 Å². The Labute approximate surface area is 277 Å². The van der Waals surface area contributed by atoms with Gasteiger partial charge in [-0.1, -0.05) is 111 Å². The number of rotatable bonds is 13.